The second-order valence-electron chi connectivity index (χ2n) is 4.24. The Hall–Kier alpha value is -2.69. The zero-order valence-electron chi connectivity index (χ0n) is 11.5. The molecule has 0 unspecified atom stereocenters. The molecule has 0 aromatic heterocycles. The van der Waals surface area contributed by atoms with Crippen LogP contribution in [0.1, 0.15) is 0 Å². The summed E-state index contributed by atoms with van der Waals surface area (Å²) in [5.41, 5.74) is 6.19. The molecule has 2 rings (SSSR count). The second kappa shape index (κ2) is 7.79. The SMILES string of the molecule is Nc1cccc(OCC(=O)OCCOc2ccccc2)c1. The number of anilines is 1. The molecule has 2 N–H and O–H groups in total. The monoisotopic (exact) mass is 287 g/mol. The van der Waals surface area contributed by atoms with E-state index in [1.165, 1.54) is 0 Å². The van der Waals surface area contributed by atoms with Crippen molar-refractivity contribution in [1.29, 1.82) is 0 Å². The predicted octanol–water partition coefficient (Wildman–Crippen LogP) is 2.27. The third-order valence-corrected chi connectivity index (χ3v) is 2.57. The second-order valence-corrected chi connectivity index (χ2v) is 4.24. The highest BCUT2D eigenvalue weighted by molar-refractivity contribution is 5.71. The van der Waals surface area contributed by atoms with Crippen LogP contribution in [0.15, 0.2) is 54.6 Å². The maximum absolute atomic E-state index is 11.5. The number of hydrogen-bond acceptors (Lipinski definition) is 5. The van der Waals surface area contributed by atoms with Crippen LogP contribution in [0.4, 0.5) is 5.69 Å². The maximum Gasteiger partial charge on any atom is 0.344 e. The van der Waals surface area contributed by atoms with Gasteiger partial charge >= 0.3 is 5.97 Å². The zero-order valence-corrected chi connectivity index (χ0v) is 11.5. The van der Waals surface area contributed by atoms with E-state index in [9.17, 15) is 4.79 Å². The van der Waals surface area contributed by atoms with Gasteiger partial charge in [-0.15, -0.1) is 0 Å². The van der Waals surface area contributed by atoms with Crippen molar-refractivity contribution < 1.29 is 19.0 Å². The molecule has 5 heteroatoms. The number of hydrogen-bond donors (Lipinski definition) is 1. The van der Waals surface area contributed by atoms with Crippen LogP contribution in [-0.4, -0.2) is 25.8 Å². The lowest BCUT2D eigenvalue weighted by Crippen LogP contribution is -2.18. The number of nitrogen functional groups attached to an aromatic ring is 1. The first-order valence-electron chi connectivity index (χ1n) is 6.56. The first kappa shape index (κ1) is 14.7. The average molecular weight is 287 g/mol. The number of carbonyl (C=O) groups excluding carboxylic acids is 1. The van der Waals surface area contributed by atoms with E-state index in [-0.39, 0.29) is 13.2 Å². The van der Waals surface area contributed by atoms with Crippen LogP contribution < -0.4 is 15.2 Å². The number of ether oxygens (including phenoxy) is 3. The van der Waals surface area contributed by atoms with Gasteiger partial charge in [-0.05, 0) is 24.3 Å². The summed E-state index contributed by atoms with van der Waals surface area (Å²) in [5, 5.41) is 0. The Morgan fingerprint density at radius 3 is 2.43 bits per heavy atom. The fourth-order valence-corrected chi connectivity index (χ4v) is 1.62. The molecule has 110 valence electrons. The molecule has 0 spiro atoms. The van der Waals surface area contributed by atoms with Crippen LogP contribution in [-0.2, 0) is 9.53 Å². The third-order valence-electron chi connectivity index (χ3n) is 2.57. The summed E-state index contributed by atoms with van der Waals surface area (Å²) >= 11 is 0. The Bertz CT molecular complexity index is 571. The molecule has 0 atom stereocenters. The van der Waals surface area contributed by atoms with E-state index in [1.807, 2.05) is 30.3 Å². The molecule has 0 fully saturated rings. The lowest BCUT2D eigenvalue weighted by Gasteiger charge is -2.08. The molecular weight excluding hydrogens is 270 g/mol. The fourth-order valence-electron chi connectivity index (χ4n) is 1.62. The molecule has 0 amide bonds. The average Bonchev–Trinajstić information content (AvgIpc) is 2.51. The minimum Gasteiger partial charge on any atom is -0.490 e. The number of carbonyl (C=O) groups is 1. The molecule has 0 saturated heterocycles. The van der Waals surface area contributed by atoms with Gasteiger partial charge in [0.05, 0.1) is 0 Å². The molecule has 0 aliphatic heterocycles. The maximum atomic E-state index is 11.5. The quantitative estimate of drug-likeness (QED) is 0.480. The summed E-state index contributed by atoms with van der Waals surface area (Å²) < 4.78 is 15.7. The highest BCUT2D eigenvalue weighted by atomic mass is 16.6. The molecule has 2 aromatic rings. The Kier molecular flexibility index (Phi) is 5.46. The summed E-state index contributed by atoms with van der Waals surface area (Å²) in [6.07, 6.45) is 0. The van der Waals surface area contributed by atoms with Crippen LogP contribution >= 0.6 is 0 Å². The Morgan fingerprint density at radius 1 is 0.905 bits per heavy atom. The molecular formula is C16H17NO4. The van der Waals surface area contributed by atoms with E-state index in [0.717, 1.165) is 5.75 Å². The van der Waals surface area contributed by atoms with E-state index in [1.54, 1.807) is 24.3 Å². The predicted molar refractivity (Wildman–Crippen MR) is 79.2 cm³/mol. The van der Waals surface area contributed by atoms with Crippen molar-refractivity contribution in [2.75, 3.05) is 25.6 Å². The van der Waals surface area contributed by atoms with Crippen LogP contribution in [0, 0.1) is 0 Å². The minimum absolute atomic E-state index is 0.158. The van der Waals surface area contributed by atoms with Crippen molar-refractivity contribution in [3.63, 3.8) is 0 Å². The zero-order chi connectivity index (χ0) is 14.9. The van der Waals surface area contributed by atoms with Gasteiger partial charge in [0.25, 0.3) is 0 Å². The summed E-state index contributed by atoms with van der Waals surface area (Å²) in [6, 6.07) is 16.2. The van der Waals surface area contributed by atoms with Crippen molar-refractivity contribution in [2.45, 2.75) is 0 Å². The van der Waals surface area contributed by atoms with Crippen LogP contribution in [0.5, 0.6) is 11.5 Å². The van der Waals surface area contributed by atoms with Crippen LogP contribution in [0.3, 0.4) is 0 Å². The van der Waals surface area contributed by atoms with Gasteiger partial charge in [-0.25, -0.2) is 4.79 Å². The highest BCUT2D eigenvalue weighted by Gasteiger charge is 2.04. The smallest absolute Gasteiger partial charge is 0.344 e. The summed E-state index contributed by atoms with van der Waals surface area (Å²) in [4.78, 5) is 11.5. The number of para-hydroxylation sites is 1. The molecule has 0 radical (unpaired) electrons. The Labute approximate surface area is 123 Å². The van der Waals surface area contributed by atoms with E-state index in [4.69, 9.17) is 19.9 Å². The van der Waals surface area contributed by atoms with Gasteiger partial charge in [0.1, 0.15) is 24.7 Å². The lowest BCUT2D eigenvalue weighted by atomic mass is 10.3. The van der Waals surface area contributed by atoms with Crippen molar-refractivity contribution in [3.05, 3.63) is 54.6 Å². The Balaban J connectivity index is 1.62. The van der Waals surface area contributed by atoms with Gasteiger partial charge in [0.2, 0.25) is 0 Å². The largest absolute Gasteiger partial charge is 0.490 e. The number of benzene rings is 2. The molecule has 21 heavy (non-hydrogen) atoms. The number of nitrogens with two attached hydrogens (primary N) is 1. The summed E-state index contributed by atoms with van der Waals surface area (Å²) in [5.74, 6) is 0.825. The standard InChI is InChI=1S/C16H17NO4/c17-13-5-4-8-15(11-13)21-12-16(18)20-10-9-19-14-6-2-1-3-7-14/h1-8,11H,9-10,12,17H2. The van der Waals surface area contributed by atoms with Gasteiger partial charge in [-0.1, -0.05) is 24.3 Å². The number of esters is 1. The molecule has 5 nitrogen and oxygen atoms in total. The van der Waals surface area contributed by atoms with Crippen molar-refractivity contribution >= 4 is 11.7 Å². The topological polar surface area (TPSA) is 70.8 Å². The van der Waals surface area contributed by atoms with Crippen LogP contribution in [0.2, 0.25) is 0 Å². The normalized spacial score (nSPS) is 9.90. The lowest BCUT2D eigenvalue weighted by molar-refractivity contribution is -0.146. The van der Waals surface area contributed by atoms with E-state index >= 15 is 0 Å². The van der Waals surface area contributed by atoms with Crippen molar-refractivity contribution in [3.8, 4) is 11.5 Å². The molecule has 0 bridgehead atoms. The van der Waals surface area contributed by atoms with Gasteiger partial charge in [-0.3, -0.25) is 0 Å². The fraction of sp³-hybridized carbons (Fsp3) is 0.188. The molecule has 0 saturated carbocycles. The van der Waals surface area contributed by atoms with E-state index in [2.05, 4.69) is 0 Å². The first-order valence-corrected chi connectivity index (χ1v) is 6.56. The van der Waals surface area contributed by atoms with Crippen molar-refractivity contribution in [1.82, 2.24) is 0 Å². The Morgan fingerprint density at radius 2 is 1.67 bits per heavy atom. The summed E-state index contributed by atoms with van der Waals surface area (Å²) in [6.45, 7) is 0.316. The third kappa shape index (κ3) is 5.44. The van der Waals surface area contributed by atoms with Crippen LogP contribution in [0.25, 0.3) is 0 Å². The van der Waals surface area contributed by atoms with Gasteiger partial charge < -0.3 is 19.9 Å². The molecule has 0 aliphatic rings. The van der Waals surface area contributed by atoms with Crippen molar-refractivity contribution in [2.24, 2.45) is 0 Å². The first-order chi connectivity index (χ1) is 10.2. The van der Waals surface area contributed by atoms with Gasteiger partial charge in [0, 0.05) is 11.8 Å². The van der Waals surface area contributed by atoms with Gasteiger partial charge in [-0.2, -0.15) is 0 Å². The molecule has 0 aliphatic carbocycles. The summed E-state index contributed by atoms with van der Waals surface area (Å²) in [7, 11) is 0. The van der Waals surface area contributed by atoms with E-state index in [0.29, 0.717) is 18.0 Å². The number of rotatable bonds is 7. The minimum atomic E-state index is -0.450. The highest BCUT2D eigenvalue weighted by Crippen LogP contribution is 2.14. The molecule has 0 heterocycles. The van der Waals surface area contributed by atoms with Gasteiger partial charge in [0.15, 0.2) is 6.61 Å². The van der Waals surface area contributed by atoms with E-state index < -0.39 is 5.97 Å². The molecule has 2 aromatic carbocycles.